The summed E-state index contributed by atoms with van der Waals surface area (Å²) in [6, 6.07) is 5.27. The molecule has 0 aliphatic heterocycles. The minimum Gasteiger partial charge on any atom is -0.467 e. The van der Waals surface area contributed by atoms with E-state index in [1.807, 2.05) is 6.07 Å². The van der Waals surface area contributed by atoms with Crippen LogP contribution < -0.4 is 0 Å². The molecule has 0 unspecified atom stereocenters. The maximum atomic E-state index is 12.0. The molecule has 84 valence electrons. The number of carbonyl (C=O) groups is 2. The Hall–Kier alpha value is -0.870. The summed E-state index contributed by atoms with van der Waals surface area (Å²) in [5, 5.41) is 0. The van der Waals surface area contributed by atoms with Crippen molar-refractivity contribution < 1.29 is 14.3 Å². The fourth-order valence-electron chi connectivity index (χ4n) is 1.80. The van der Waals surface area contributed by atoms with Gasteiger partial charge in [-0.3, -0.25) is 4.79 Å². The lowest BCUT2D eigenvalue weighted by Crippen LogP contribution is -2.39. The first-order chi connectivity index (χ1) is 7.49. The van der Waals surface area contributed by atoms with Crippen LogP contribution in [0.1, 0.15) is 15.9 Å². The Morgan fingerprint density at radius 3 is 2.88 bits per heavy atom. The molecule has 0 spiro atoms. The molecule has 3 nitrogen and oxygen atoms in total. The molecule has 1 aliphatic rings. The maximum Gasteiger partial charge on any atom is 0.335 e. The van der Waals surface area contributed by atoms with Crippen LogP contribution in [0.2, 0.25) is 0 Å². The van der Waals surface area contributed by atoms with E-state index in [2.05, 4.69) is 20.7 Å². The van der Waals surface area contributed by atoms with Gasteiger partial charge in [0.1, 0.15) is 0 Å². The largest absolute Gasteiger partial charge is 0.467 e. The minimum atomic E-state index is -1.59. The van der Waals surface area contributed by atoms with Gasteiger partial charge in [-0.25, -0.2) is 4.79 Å². The van der Waals surface area contributed by atoms with Gasteiger partial charge < -0.3 is 4.74 Å². The van der Waals surface area contributed by atoms with E-state index in [9.17, 15) is 9.59 Å². The first-order valence-corrected chi connectivity index (χ1v) is 5.76. The lowest BCUT2D eigenvalue weighted by Gasteiger charge is -2.15. The number of benzene rings is 1. The summed E-state index contributed by atoms with van der Waals surface area (Å²) in [4.78, 5) is 21.9. The van der Waals surface area contributed by atoms with Crippen molar-refractivity contribution in [2.75, 3.05) is 7.11 Å². The Balaban J connectivity index is 2.49. The Morgan fingerprint density at radius 1 is 1.56 bits per heavy atom. The van der Waals surface area contributed by atoms with Crippen LogP contribution >= 0.6 is 27.5 Å². The van der Waals surface area contributed by atoms with E-state index in [-0.39, 0.29) is 6.42 Å². The van der Waals surface area contributed by atoms with Crippen LogP contribution in [0.3, 0.4) is 0 Å². The predicted octanol–water partition coefficient (Wildman–Crippen LogP) is 2.34. The molecular weight excluding hydrogens is 295 g/mol. The van der Waals surface area contributed by atoms with Crippen molar-refractivity contribution >= 4 is 39.3 Å². The summed E-state index contributed by atoms with van der Waals surface area (Å²) in [5.41, 5.74) is 1.25. The molecule has 5 heteroatoms. The molecule has 1 aromatic carbocycles. The Bertz CT molecular complexity index is 486. The van der Waals surface area contributed by atoms with Gasteiger partial charge in [-0.1, -0.05) is 33.6 Å². The van der Waals surface area contributed by atoms with Crippen LogP contribution in [0.5, 0.6) is 0 Å². The SMILES string of the molecule is COC(=O)[C@@]1(Cl)Cc2ccc(Br)cc2C1=O. The van der Waals surface area contributed by atoms with Gasteiger partial charge >= 0.3 is 5.97 Å². The zero-order chi connectivity index (χ0) is 11.9. The Labute approximate surface area is 106 Å². The summed E-state index contributed by atoms with van der Waals surface area (Å²) >= 11 is 9.32. The van der Waals surface area contributed by atoms with E-state index in [4.69, 9.17) is 11.6 Å². The highest BCUT2D eigenvalue weighted by Gasteiger charge is 2.51. The van der Waals surface area contributed by atoms with Crippen LogP contribution in [0, 0.1) is 0 Å². The van der Waals surface area contributed by atoms with Crippen molar-refractivity contribution in [2.24, 2.45) is 0 Å². The molecular formula is C11H8BrClO3. The summed E-state index contributed by atoms with van der Waals surface area (Å²) < 4.78 is 5.35. The maximum absolute atomic E-state index is 12.0. The second kappa shape index (κ2) is 3.86. The molecule has 0 bridgehead atoms. The Kier molecular flexibility index (Phi) is 2.80. The summed E-state index contributed by atoms with van der Waals surface area (Å²) in [5.74, 6) is -1.09. The lowest BCUT2D eigenvalue weighted by atomic mass is 10.0. The van der Waals surface area contributed by atoms with Crippen molar-refractivity contribution in [1.82, 2.24) is 0 Å². The van der Waals surface area contributed by atoms with Gasteiger partial charge in [0.2, 0.25) is 4.87 Å². The summed E-state index contributed by atoms with van der Waals surface area (Å²) in [6.07, 6.45) is 0.183. The standard InChI is InChI=1S/C11H8BrClO3/c1-16-10(15)11(13)5-6-2-3-7(12)4-8(6)9(11)14/h2-4H,5H2,1H3/t11-/m1/s1. The zero-order valence-electron chi connectivity index (χ0n) is 8.42. The normalized spacial score (nSPS) is 23.1. The number of hydrogen-bond donors (Lipinski definition) is 0. The highest BCUT2D eigenvalue weighted by atomic mass is 79.9. The smallest absolute Gasteiger partial charge is 0.335 e. The van der Waals surface area contributed by atoms with Crippen molar-refractivity contribution in [3.05, 3.63) is 33.8 Å². The first kappa shape index (κ1) is 11.6. The first-order valence-electron chi connectivity index (χ1n) is 4.59. The van der Waals surface area contributed by atoms with Gasteiger partial charge in [0.25, 0.3) is 0 Å². The van der Waals surface area contributed by atoms with Gasteiger partial charge in [-0.05, 0) is 17.7 Å². The van der Waals surface area contributed by atoms with Crippen LogP contribution in [0.25, 0.3) is 0 Å². The van der Waals surface area contributed by atoms with E-state index in [0.717, 1.165) is 10.0 Å². The molecule has 0 fully saturated rings. The zero-order valence-corrected chi connectivity index (χ0v) is 10.8. The number of halogens is 2. The number of Topliss-reactive ketones (excluding diaryl/α,β-unsaturated/α-hetero) is 1. The molecule has 0 amide bonds. The monoisotopic (exact) mass is 302 g/mol. The van der Waals surface area contributed by atoms with Crippen molar-refractivity contribution in [1.29, 1.82) is 0 Å². The van der Waals surface area contributed by atoms with E-state index >= 15 is 0 Å². The topological polar surface area (TPSA) is 43.4 Å². The lowest BCUT2D eigenvalue weighted by molar-refractivity contribution is -0.142. The van der Waals surface area contributed by atoms with Crippen molar-refractivity contribution in [3.8, 4) is 0 Å². The predicted molar refractivity (Wildman–Crippen MR) is 62.8 cm³/mol. The second-order valence-electron chi connectivity index (χ2n) is 3.60. The minimum absolute atomic E-state index is 0.183. The molecule has 2 rings (SSSR count). The molecule has 1 aliphatic carbocycles. The molecule has 1 atom stereocenters. The van der Waals surface area contributed by atoms with Crippen LogP contribution in [-0.4, -0.2) is 23.7 Å². The molecule has 1 aromatic rings. The van der Waals surface area contributed by atoms with Crippen LogP contribution in [0.4, 0.5) is 0 Å². The fourth-order valence-corrected chi connectivity index (χ4v) is 2.48. The number of ether oxygens (including phenoxy) is 1. The van der Waals surface area contributed by atoms with Gasteiger partial charge in [0.15, 0.2) is 5.78 Å². The second-order valence-corrected chi connectivity index (χ2v) is 5.16. The average molecular weight is 304 g/mol. The third kappa shape index (κ3) is 1.57. The van der Waals surface area contributed by atoms with Crippen LogP contribution in [0.15, 0.2) is 22.7 Å². The molecule has 0 heterocycles. The van der Waals surface area contributed by atoms with Gasteiger partial charge in [-0.15, -0.1) is 0 Å². The molecule has 0 N–H and O–H groups in total. The van der Waals surface area contributed by atoms with E-state index in [1.54, 1.807) is 12.1 Å². The molecule has 0 saturated carbocycles. The van der Waals surface area contributed by atoms with E-state index < -0.39 is 16.6 Å². The quantitative estimate of drug-likeness (QED) is 0.454. The Morgan fingerprint density at radius 2 is 2.25 bits per heavy atom. The summed E-state index contributed by atoms with van der Waals surface area (Å²) in [7, 11) is 1.22. The number of esters is 1. The third-order valence-corrected chi connectivity index (χ3v) is 3.57. The van der Waals surface area contributed by atoms with E-state index in [0.29, 0.717) is 5.56 Å². The number of methoxy groups -OCH3 is 1. The highest BCUT2D eigenvalue weighted by Crippen LogP contribution is 2.37. The number of carbonyl (C=O) groups excluding carboxylic acids is 2. The number of fused-ring (bicyclic) bond motifs is 1. The number of ketones is 1. The third-order valence-electron chi connectivity index (χ3n) is 2.62. The van der Waals surface area contributed by atoms with E-state index in [1.165, 1.54) is 7.11 Å². The molecule has 16 heavy (non-hydrogen) atoms. The molecule has 0 aromatic heterocycles. The van der Waals surface area contributed by atoms with Crippen LogP contribution in [-0.2, 0) is 16.0 Å². The number of alkyl halides is 1. The average Bonchev–Trinajstić information content (AvgIpc) is 2.52. The summed E-state index contributed by atoms with van der Waals surface area (Å²) in [6.45, 7) is 0. The number of hydrogen-bond acceptors (Lipinski definition) is 3. The fraction of sp³-hybridized carbons (Fsp3) is 0.273. The van der Waals surface area contributed by atoms with Gasteiger partial charge in [-0.2, -0.15) is 0 Å². The molecule has 0 saturated heterocycles. The van der Waals surface area contributed by atoms with Crippen molar-refractivity contribution in [2.45, 2.75) is 11.3 Å². The highest BCUT2D eigenvalue weighted by molar-refractivity contribution is 9.10. The molecule has 0 radical (unpaired) electrons. The number of rotatable bonds is 1. The van der Waals surface area contributed by atoms with Gasteiger partial charge in [0, 0.05) is 16.5 Å². The van der Waals surface area contributed by atoms with Gasteiger partial charge in [0.05, 0.1) is 7.11 Å². The van der Waals surface area contributed by atoms with Crippen molar-refractivity contribution in [3.63, 3.8) is 0 Å².